The Labute approximate surface area is 99.0 Å². The second-order valence-corrected chi connectivity index (χ2v) is 5.22. The molecule has 0 bridgehead atoms. The minimum absolute atomic E-state index is 0.0933. The fourth-order valence-corrected chi connectivity index (χ4v) is 2.44. The SMILES string of the molecule is O[C@@H]1CCC[NH+](Cc2ccc(Br)cc2)C1. The van der Waals surface area contributed by atoms with Gasteiger partial charge in [-0.15, -0.1) is 0 Å². The molecular weight excluding hydrogens is 254 g/mol. The number of quaternary nitrogens is 1. The summed E-state index contributed by atoms with van der Waals surface area (Å²) in [5.41, 5.74) is 1.35. The van der Waals surface area contributed by atoms with Crippen LogP contribution in [-0.4, -0.2) is 24.3 Å². The summed E-state index contributed by atoms with van der Waals surface area (Å²) in [6.07, 6.45) is 2.03. The molecule has 1 aromatic rings. The average Bonchev–Trinajstić information content (AvgIpc) is 2.22. The van der Waals surface area contributed by atoms with E-state index in [0.717, 1.165) is 30.4 Å². The van der Waals surface area contributed by atoms with Gasteiger partial charge >= 0.3 is 0 Å². The molecule has 2 nitrogen and oxygen atoms in total. The van der Waals surface area contributed by atoms with Gasteiger partial charge in [-0.3, -0.25) is 0 Å². The highest BCUT2D eigenvalue weighted by molar-refractivity contribution is 9.10. The number of rotatable bonds is 2. The summed E-state index contributed by atoms with van der Waals surface area (Å²) in [6, 6.07) is 8.46. The number of piperidine rings is 1. The lowest BCUT2D eigenvalue weighted by Gasteiger charge is -2.27. The molecule has 82 valence electrons. The highest BCUT2D eigenvalue weighted by Crippen LogP contribution is 2.10. The zero-order valence-electron chi connectivity index (χ0n) is 8.75. The van der Waals surface area contributed by atoms with Crippen molar-refractivity contribution in [2.24, 2.45) is 0 Å². The zero-order chi connectivity index (χ0) is 10.7. The summed E-state index contributed by atoms with van der Waals surface area (Å²) < 4.78 is 1.12. The Morgan fingerprint density at radius 1 is 1.33 bits per heavy atom. The minimum atomic E-state index is -0.0933. The van der Waals surface area contributed by atoms with Gasteiger partial charge < -0.3 is 10.0 Å². The van der Waals surface area contributed by atoms with E-state index in [4.69, 9.17) is 0 Å². The smallest absolute Gasteiger partial charge is 0.104 e. The van der Waals surface area contributed by atoms with Crippen molar-refractivity contribution in [2.75, 3.05) is 13.1 Å². The Hall–Kier alpha value is -0.380. The van der Waals surface area contributed by atoms with Gasteiger partial charge in [-0.05, 0) is 25.0 Å². The summed E-state index contributed by atoms with van der Waals surface area (Å²) in [5.74, 6) is 0. The quantitative estimate of drug-likeness (QED) is 0.823. The molecule has 1 aliphatic heterocycles. The van der Waals surface area contributed by atoms with Crippen molar-refractivity contribution in [2.45, 2.75) is 25.5 Å². The van der Waals surface area contributed by atoms with Gasteiger partial charge in [-0.25, -0.2) is 0 Å². The second-order valence-electron chi connectivity index (χ2n) is 4.30. The normalized spacial score (nSPS) is 26.5. The topological polar surface area (TPSA) is 24.7 Å². The molecule has 0 aromatic heterocycles. The maximum Gasteiger partial charge on any atom is 0.104 e. The Kier molecular flexibility index (Phi) is 3.78. The predicted octanol–water partition coefficient (Wildman–Crippen LogP) is 0.989. The van der Waals surface area contributed by atoms with E-state index in [9.17, 15) is 5.11 Å². The van der Waals surface area contributed by atoms with Gasteiger partial charge in [0, 0.05) is 10.0 Å². The summed E-state index contributed by atoms with van der Waals surface area (Å²) in [7, 11) is 0. The first-order valence-corrected chi connectivity index (χ1v) is 6.29. The van der Waals surface area contributed by atoms with Crippen LogP contribution in [0.4, 0.5) is 0 Å². The molecule has 1 fully saturated rings. The lowest BCUT2D eigenvalue weighted by atomic mass is 10.1. The van der Waals surface area contributed by atoms with Crippen molar-refractivity contribution in [1.29, 1.82) is 0 Å². The van der Waals surface area contributed by atoms with E-state index in [1.807, 2.05) is 0 Å². The first kappa shape index (κ1) is 11.1. The van der Waals surface area contributed by atoms with E-state index in [1.165, 1.54) is 17.0 Å². The summed E-state index contributed by atoms with van der Waals surface area (Å²) >= 11 is 3.43. The van der Waals surface area contributed by atoms with Crippen LogP contribution in [0.1, 0.15) is 18.4 Å². The second kappa shape index (κ2) is 5.10. The zero-order valence-corrected chi connectivity index (χ0v) is 10.3. The van der Waals surface area contributed by atoms with Gasteiger partial charge in [-0.2, -0.15) is 0 Å². The first-order chi connectivity index (χ1) is 7.24. The van der Waals surface area contributed by atoms with Crippen molar-refractivity contribution >= 4 is 15.9 Å². The first-order valence-electron chi connectivity index (χ1n) is 5.50. The summed E-state index contributed by atoms with van der Waals surface area (Å²) in [5, 5.41) is 9.57. The Bertz CT molecular complexity index is 312. The fourth-order valence-electron chi connectivity index (χ4n) is 2.18. The van der Waals surface area contributed by atoms with E-state index >= 15 is 0 Å². The molecule has 3 heteroatoms. The van der Waals surface area contributed by atoms with Gasteiger partial charge in [0.1, 0.15) is 19.2 Å². The maximum atomic E-state index is 9.57. The molecule has 2 N–H and O–H groups in total. The minimum Gasteiger partial charge on any atom is -0.387 e. The van der Waals surface area contributed by atoms with Crippen LogP contribution >= 0.6 is 15.9 Å². The highest BCUT2D eigenvalue weighted by atomic mass is 79.9. The van der Waals surface area contributed by atoms with Crippen molar-refractivity contribution in [1.82, 2.24) is 0 Å². The number of halogens is 1. The van der Waals surface area contributed by atoms with Gasteiger partial charge in [0.05, 0.1) is 6.54 Å². The van der Waals surface area contributed by atoms with Gasteiger partial charge in [0.2, 0.25) is 0 Å². The number of hydrogen-bond acceptors (Lipinski definition) is 1. The molecule has 1 aliphatic rings. The van der Waals surface area contributed by atoms with Crippen molar-refractivity contribution in [3.8, 4) is 0 Å². The molecule has 0 aliphatic carbocycles. The predicted molar refractivity (Wildman–Crippen MR) is 63.8 cm³/mol. The van der Waals surface area contributed by atoms with Crippen molar-refractivity contribution in [3.05, 3.63) is 34.3 Å². The van der Waals surface area contributed by atoms with Crippen molar-refractivity contribution < 1.29 is 10.0 Å². The fraction of sp³-hybridized carbons (Fsp3) is 0.500. The van der Waals surface area contributed by atoms with Crippen LogP contribution in [-0.2, 0) is 6.54 Å². The molecule has 1 saturated heterocycles. The van der Waals surface area contributed by atoms with Crippen LogP contribution in [0.3, 0.4) is 0 Å². The Morgan fingerprint density at radius 2 is 2.07 bits per heavy atom. The number of benzene rings is 1. The number of likely N-dealkylation sites (tertiary alicyclic amines) is 1. The molecule has 0 radical (unpaired) electrons. The number of hydrogen-bond donors (Lipinski definition) is 2. The van der Waals surface area contributed by atoms with Gasteiger partial charge in [0.25, 0.3) is 0 Å². The van der Waals surface area contributed by atoms with Gasteiger partial charge in [0.15, 0.2) is 0 Å². The summed E-state index contributed by atoms with van der Waals surface area (Å²) in [4.78, 5) is 1.50. The number of nitrogens with one attached hydrogen (secondary N) is 1. The van der Waals surface area contributed by atoms with Crippen LogP contribution in [0.2, 0.25) is 0 Å². The van der Waals surface area contributed by atoms with E-state index in [-0.39, 0.29) is 6.10 Å². The van der Waals surface area contributed by atoms with E-state index in [0.29, 0.717) is 0 Å². The van der Waals surface area contributed by atoms with Crippen LogP contribution < -0.4 is 4.90 Å². The molecule has 1 unspecified atom stereocenters. The molecule has 1 aromatic carbocycles. The molecule has 0 saturated carbocycles. The maximum absolute atomic E-state index is 9.57. The lowest BCUT2D eigenvalue weighted by Crippen LogP contribution is -3.12. The molecule has 0 amide bonds. The molecule has 2 rings (SSSR count). The van der Waals surface area contributed by atoms with E-state index < -0.39 is 0 Å². The van der Waals surface area contributed by atoms with Crippen LogP contribution in [0.15, 0.2) is 28.7 Å². The third-order valence-corrected chi connectivity index (χ3v) is 3.49. The van der Waals surface area contributed by atoms with Crippen LogP contribution in [0, 0.1) is 0 Å². The Balaban J connectivity index is 1.93. The number of aliphatic hydroxyl groups is 1. The monoisotopic (exact) mass is 270 g/mol. The summed E-state index contributed by atoms with van der Waals surface area (Å²) in [6.45, 7) is 3.12. The molecular formula is C12H17BrNO+. The highest BCUT2D eigenvalue weighted by Gasteiger charge is 2.20. The average molecular weight is 271 g/mol. The largest absolute Gasteiger partial charge is 0.387 e. The third-order valence-electron chi connectivity index (χ3n) is 2.96. The molecule has 1 heterocycles. The Morgan fingerprint density at radius 3 is 2.73 bits per heavy atom. The third kappa shape index (κ3) is 3.30. The number of aliphatic hydroxyl groups excluding tert-OH is 1. The molecule has 0 spiro atoms. The van der Waals surface area contributed by atoms with E-state index in [2.05, 4.69) is 40.2 Å². The molecule has 15 heavy (non-hydrogen) atoms. The van der Waals surface area contributed by atoms with Crippen LogP contribution in [0.25, 0.3) is 0 Å². The van der Waals surface area contributed by atoms with E-state index in [1.54, 1.807) is 0 Å². The van der Waals surface area contributed by atoms with Gasteiger partial charge in [-0.1, -0.05) is 28.1 Å². The van der Waals surface area contributed by atoms with Crippen molar-refractivity contribution in [3.63, 3.8) is 0 Å². The molecule has 2 atom stereocenters. The standard InChI is InChI=1S/C12H16BrNO/c13-11-5-3-10(4-6-11)8-14-7-1-2-12(15)9-14/h3-6,12,15H,1-2,7-9H2/p+1/t12-/m1/s1. The van der Waals surface area contributed by atoms with Crippen LogP contribution in [0.5, 0.6) is 0 Å². The lowest BCUT2D eigenvalue weighted by molar-refractivity contribution is -0.921.